The SMILES string of the molecule is O=C1C[C@H](c2ccc(O)cc2)c2c(c(C(=O)O)cn2-c2ccccc2)N1. The number of hydrogen-bond donors (Lipinski definition) is 3. The van der Waals surface area contributed by atoms with Crippen LogP contribution in [0.1, 0.15) is 34.0 Å². The molecule has 1 aliphatic heterocycles. The van der Waals surface area contributed by atoms with Gasteiger partial charge in [0.2, 0.25) is 5.91 Å². The number of aromatic carboxylic acids is 1. The van der Waals surface area contributed by atoms with E-state index in [1.54, 1.807) is 30.5 Å². The van der Waals surface area contributed by atoms with E-state index in [9.17, 15) is 19.8 Å². The van der Waals surface area contributed by atoms with E-state index in [2.05, 4.69) is 5.32 Å². The number of carbonyl (C=O) groups is 2. The molecule has 0 radical (unpaired) electrons. The minimum Gasteiger partial charge on any atom is -0.508 e. The summed E-state index contributed by atoms with van der Waals surface area (Å²) < 4.78 is 1.82. The second-order valence-electron chi connectivity index (χ2n) is 6.21. The molecule has 2 heterocycles. The lowest BCUT2D eigenvalue weighted by molar-refractivity contribution is -0.116. The van der Waals surface area contributed by atoms with Gasteiger partial charge in [0, 0.05) is 24.2 Å². The molecule has 4 rings (SSSR count). The average molecular weight is 348 g/mol. The number of benzene rings is 2. The van der Waals surface area contributed by atoms with E-state index in [1.165, 1.54) is 0 Å². The predicted molar refractivity (Wildman–Crippen MR) is 95.9 cm³/mol. The van der Waals surface area contributed by atoms with Crippen LogP contribution in [0, 0.1) is 0 Å². The Kier molecular flexibility index (Phi) is 3.73. The van der Waals surface area contributed by atoms with Gasteiger partial charge in [-0.1, -0.05) is 30.3 Å². The number of para-hydroxylation sites is 1. The Hall–Kier alpha value is -3.54. The van der Waals surface area contributed by atoms with Crippen LogP contribution in [0.25, 0.3) is 5.69 Å². The molecule has 1 atom stereocenters. The first-order chi connectivity index (χ1) is 12.5. The molecule has 0 saturated heterocycles. The highest BCUT2D eigenvalue weighted by Crippen LogP contribution is 2.41. The number of carbonyl (C=O) groups excluding carboxylic acids is 1. The lowest BCUT2D eigenvalue weighted by Gasteiger charge is -2.26. The van der Waals surface area contributed by atoms with E-state index in [0.717, 1.165) is 16.9 Å². The van der Waals surface area contributed by atoms with Gasteiger partial charge in [0.05, 0.1) is 11.4 Å². The molecule has 0 fully saturated rings. The Morgan fingerprint density at radius 3 is 2.42 bits per heavy atom. The van der Waals surface area contributed by atoms with E-state index < -0.39 is 5.97 Å². The van der Waals surface area contributed by atoms with Crippen LogP contribution in [0.5, 0.6) is 5.75 Å². The Morgan fingerprint density at radius 1 is 1.08 bits per heavy atom. The molecule has 3 aromatic rings. The second-order valence-corrected chi connectivity index (χ2v) is 6.21. The average Bonchev–Trinajstić information content (AvgIpc) is 3.02. The van der Waals surface area contributed by atoms with Crippen molar-refractivity contribution in [2.24, 2.45) is 0 Å². The molecule has 1 aromatic heterocycles. The van der Waals surface area contributed by atoms with E-state index in [1.807, 2.05) is 34.9 Å². The van der Waals surface area contributed by atoms with Gasteiger partial charge in [-0.2, -0.15) is 0 Å². The first-order valence-electron chi connectivity index (χ1n) is 8.17. The van der Waals surface area contributed by atoms with Gasteiger partial charge in [0.1, 0.15) is 11.3 Å². The minimum atomic E-state index is -1.09. The first kappa shape index (κ1) is 16.0. The molecule has 0 unspecified atom stereocenters. The number of nitrogens with zero attached hydrogens (tertiary/aromatic N) is 1. The van der Waals surface area contributed by atoms with Crippen molar-refractivity contribution < 1.29 is 19.8 Å². The summed E-state index contributed by atoms with van der Waals surface area (Å²) in [7, 11) is 0. The predicted octanol–water partition coefficient (Wildman–Crippen LogP) is 3.36. The third-order valence-corrected chi connectivity index (χ3v) is 4.59. The van der Waals surface area contributed by atoms with Crippen LogP contribution in [0.3, 0.4) is 0 Å². The summed E-state index contributed by atoms with van der Waals surface area (Å²) in [5.74, 6) is -1.50. The van der Waals surface area contributed by atoms with Gasteiger partial charge in [-0.25, -0.2) is 4.79 Å². The summed E-state index contributed by atoms with van der Waals surface area (Å²) in [4.78, 5) is 23.9. The molecule has 2 aromatic carbocycles. The normalized spacial score (nSPS) is 16.0. The highest BCUT2D eigenvalue weighted by Gasteiger charge is 2.34. The summed E-state index contributed by atoms with van der Waals surface area (Å²) in [5, 5.41) is 21.9. The van der Waals surface area contributed by atoms with Crippen molar-refractivity contribution in [3.05, 3.63) is 77.6 Å². The van der Waals surface area contributed by atoms with Crippen LogP contribution in [-0.2, 0) is 4.79 Å². The number of carboxylic acids is 1. The molecule has 1 aliphatic rings. The van der Waals surface area contributed by atoms with Crippen molar-refractivity contribution >= 4 is 17.6 Å². The number of aromatic nitrogens is 1. The maximum absolute atomic E-state index is 12.2. The molecule has 0 saturated carbocycles. The number of anilines is 1. The Morgan fingerprint density at radius 2 is 1.77 bits per heavy atom. The van der Waals surface area contributed by atoms with Gasteiger partial charge in [0.25, 0.3) is 0 Å². The van der Waals surface area contributed by atoms with E-state index in [0.29, 0.717) is 5.69 Å². The van der Waals surface area contributed by atoms with Gasteiger partial charge in [-0.05, 0) is 29.8 Å². The monoisotopic (exact) mass is 348 g/mol. The van der Waals surface area contributed by atoms with Crippen molar-refractivity contribution in [2.75, 3.05) is 5.32 Å². The number of carboxylic acid groups (broad SMARTS) is 1. The quantitative estimate of drug-likeness (QED) is 0.677. The number of hydrogen-bond acceptors (Lipinski definition) is 3. The highest BCUT2D eigenvalue weighted by molar-refractivity contribution is 6.04. The molecular formula is C20H16N2O4. The first-order valence-corrected chi connectivity index (χ1v) is 8.17. The van der Waals surface area contributed by atoms with Gasteiger partial charge >= 0.3 is 5.97 Å². The number of nitrogens with one attached hydrogen (secondary N) is 1. The summed E-state index contributed by atoms with van der Waals surface area (Å²) >= 11 is 0. The van der Waals surface area contributed by atoms with Crippen molar-refractivity contribution in [1.82, 2.24) is 4.57 Å². The fourth-order valence-electron chi connectivity index (χ4n) is 3.41. The zero-order valence-corrected chi connectivity index (χ0v) is 13.7. The number of fused-ring (bicyclic) bond motifs is 1. The molecular weight excluding hydrogens is 332 g/mol. The Labute approximate surface area is 149 Å². The molecule has 130 valence electrons. The molecule has 6 heteroatoms. The number of phenols is 1. The fourth-order valence-corrected chi connectivity index (χ4v) is 3.41. The third kappa shape index (κ3) is 2.61. The lowest BCUT2D eigenvalue weighted by Crippen LogP contribution is -2.25. The molecule has 0 spiro atoms. The zero-order valence-electron chi connectivity index (χ0n) is 13.7. The molecule has 0 aliphatic carbocycles. The summed E-state index contributed by atoms with van der Waals surface area (Å²) in [6.45, 7) is 0. The van der Waals surface area contributed by atoms with E-state index in [-0.39, 0.29) is 29.6 Å². The minimum absolute atomic E-state index is 0.0562. The van der Waals surface area contributed by atoms with E-state index >= 15 is 0 Å². The second kappa shape index (κ2) is 6.07. The number of rotatable bonds is 3. The van der Waals surface area contributed by atoms with Gasteiger partial charge in [-0.3, -0.25) is 4.79 Å². The van der Waals surface area contributed by atoms with Crippen LogP contribution in [-0.4, -0.2) is 26.7 Å². The lowest BCUT2D eigenvalue weighted by atomic mass is 9.88. The summed E-state index contributed by atoms with van der Waals surface area (Å²) in [6, 6.07) is 16.0. The van der Waals surface area contributed by atoms with Gasteiger partial charge in [-0.15, -0.1) is 0 Å². The highest BCUT2D eigenvalue weighted by atomic mass is 16.4. The Balaban J connectivity index is 1.96. The van der Waals surface area contributed by atoms with Crippen molar-refractivity contribution in [3.63, 3.8) is 0 Å². The third-order valence-electron chi connectivity index (χ3n) is 4.59. The van der Waals surface area contributed by atoms with Crippen molar-refractivity contribution in [2.45, 2.75) is 12.3 Å². The van der Waals surface area contributed by atoms with Crippen LogP contribution in [0.4, 0.5) is 5.69 Å². The maximum atomic E-state index is 12.2. The smallest absolute Gasteiger partial charge is 0.339 e. The van der Waals surface area contributed by atoms with Gasteiger partial charge in [0.15, 0.2) is 0 Å². The number of phenolic OH excluding ortho intramolecular Hbond substituents is 1. The zero-order chi connectivity index (χ0) is 18.3. The summed E-state index contributed by atoms with van der Waals surface area (Å²) in [6.07, 6.45) is 1.75. The maximum Gasteiger partial charge on any atom is 0.339 e. The van der Waals surface area contributed by atoms with Crippen LogP contribution < -0.4 is 5.32 Å². The summed E-state index contributed by atoms with van der Waals surface area (Å²) in [5.41, 5.74) is 2.76. The topological polar surface area (TPSA) is 91.6 Å². The largest absolute Gasteiger partial charge is 0.508 e. The van der Waals surface area contributed by atoms with Crippen LogP contribution >= 0.6 is 0 Å². The van der Waals surface area contributed by atoms with Gasteiger partial charge < -0.3 is 20.1 Å². The van der Waals surface area contributed by atoms with Crippen molar-refractivity contribution in [1.29, 1.82) is 0 Å². The molecule has 1 amide bonds. The van der Waals surface area contributed by atoms with Crippen LogP contribution in [0.2, 0.25) is 0 Å². The molecule has 6 nitrogen and oxygen atoms in total. The molecule has 3 N–H and O–H groups in total. The van der Waals surface area contributed by atoms with E-state index in [4.69, 9.17) is 0 Å². The van der Waals surface area contributed by atoms with Crippen molar-refractivity contribution in [3.8, 4) is 11.4 Å². The Bertz CT molecular complexity index is 991. The van der Waals surface area contributed by atoms with Crippen LogP contribution in [0.15, 0.2) is 60.8 Å². The number of amides is 1. The number of aromatic hydroxyl groups is 1. The molecule has 26 heavy (non-hydrogen) atoms. The standard InChI is InChI=1S/C20H16N2O4/c23-14-8-6-12(7-9-14)15-10-17(24)21-18-16(20(25)26)11-22(19(15)18)13-4-2-1-3-5-13/h1-9,11,15,23H,10H2,(H,21,24)(H,25,26)/t15-/m1/s1. The fraction of sp³-hybridized carbons (Fsp3) is 0.100. The molecule has 0 bridgehead atoms.